The van der Waals surface area contributed by atoms with Crippen molar-refractivity contribution in [2.24, 2.45) is 0 Å². The van der Waals surface area contributed by atoms with Gasteiger partial charge in [-0.1, -0.05) is 6.07 Å². The summed E-state index contributed by atoms with van der Waals surface area (Å²) in [5.41, 5.74) is 1.17. The topological polar surface area (TPSA) is 94.6 Å². The summed E-state index contributed by atoms with van der Waals surface area (Å²) in [7, 11) is 1.01. The maximum atomic E-state index is 12.9. The van der Waals surface area contributed by atoms with Gasteiger partial charge in [0.25, 0.3) is 0 Å². The molecule has 1 aliphatic rings. The van der Waals surface area contributed by atoms with Crippen molar-refractivity contribution in [2.75, 3.05) is 44.7 Å². The van der Waals surface area contributed by atoms with Crippen LogP contribution in [-0.2, 0) is 21.4 Å². The Labute approximate surface area is 182 Å². The number of likely N-dealkylation sites (N-methyl/N-ethyl adjacent to an activating group) is 1. The summed E-state index contributed by atoms with van der Waals surface area (Å²) in [6, 6.07) is 10.2. The smallest absolute Gasteiger partial charge is 0.243 e. The highest BCUT2D eigenvalue weighted by Crippen LogP contribution is 2.36. The molecule has 0 aromatic heterocycles. The van der Waals surface area contributed by atoms with Gasteiger partial charge in [-0.3, -0.25) is 9.10 Å². The zero-order chi connectivity index (χ0) is 22.6. The van der Waals surface area contributed by atoms with Crippen molar-refractivity contribution in [1.29, 1.82) is 0 Å². The second kappa shape index (κ2) is 9.34. The van der Waals surface area contributed by atoms with Crippen LogP contribution in [0.2, 0.25) is 0 Å². The molecule has 0 unspecified atom stereocenters. The van der Waals surface area contributed by atoms with E-state index in [-0.39, 0.29) is 31.5 Å². The van der Waals surface area contributed by atoms with E-state index in [1.165, 1.54) is 18.9 Å². The van der Waals surface area contributed by atoms with Crippen molar-refractivity contribution in [2.45, 2.75) is 13.5 Å². The van der Waals surface area contributed by atoms with E-state index in [1.807, 2.05) is 6.07 Å². The third-order valence-corrected chi connectivity index (χ3v) is 6.66. The number of rotatable bonds is 9. The molecular formula is C21H26N2O7S. The molecule has 1 aliphatic heterocycles. The van der Waals surface area contributed by atoms with Crippen LogP contribution < -0.4 is 23.3 Å². The van der Waals surface area contributed by atoms with Crippen LogP contribution in [-0.4, -0.2) is 59.6 Å². The Morgan fingerprint density at radius 3 is 2.42 bits per heavy atom. The normalized spacial score (nSPS) is 12.4. The molecule has 10 heteroatoms. The molecule has 0 saturated heterocycles. The number of ether oxygens (including phenoxy) is 4. The second-order valence-corrected chi connectivity index (χ2v) is 9.07. The number of benzene rings is 2. The summed E-state index contributed by atoms with van der Waals surface area (Å²) in [5.74, 6) is 1.62. The monoisotopic (exact) mass is 450 g/mol. The van der Waals surface area contributed by atoms with Gasteiger partial charge < -0.3 is 23.8 Å². The maximum absolute atomic E-state index is 12.9. The molecule has 0 radical (unpaired) electrons. The summed E-state index contributed by atoms with van der Waals surface area (Å²) in [6.45, 7) is 1.55. The minimum Gasteiger partial charge on any atom is -0.493 e. The molecule has 0 aliphatic carbocycles. The number of methoxy groups -OCH3 is 2. The van der Waals surface area contributed by atoms with Crippen molar-refractivity contribution >= 4 is 21.6 Å². The van der Waals surface area contributed by atoms with E-state index in [0.29, 0.717) is 28.7 Å². The molecule has 1 heterocycles. The number of anilines is 1. The van der Waals surface area contributed by atoms with Gasteiger partial charge in [-0.05, 0) is 36.8 Å². The summed E-state index contributed by atoms with van der Waals surface area (Å²) < 4.78 is 47.7. The molecule has 0 atom stereocenters. The van der Waals surface area contributed by atoms with E-state index in [2.05, 4.69) is 0 Å². The number of nitrogens with zero attached hydrogens (tertiary/aromatic N) is 2. The van der Waals surface area contributed by atoms with E-state index >= 15 is 0 Å². The van der Waals surface area contributed by atoms with E-state index in [1.54, 1.807) is 44.5 Å². The number of amides is 1. The van der Waals surface area contributed by atoms with E-state index in [0.717, 1.165) is 9.87 Å². The second-order valence-electron chi connectivity index (χ2n) is 6.88. The van der Waals surface area contributed by atoms with Gasteiger partial charge in [0.05, 0.1) is 25.7 Å². The quantitative estimate of drug-likeness (QED) is 0.578. The molecular weight excluding hydrogens is 424 g/mol. The van der Waals surface area contributed by atoms with Crippen LogP contribution in [0, 0.1) is 0 Å². The van der Waals surface area contributed by atoms with Gasteiger partial charge in [0.15, 0.2) is 23.0 Å². The molecule has 31 heavy (non-hydrogen) atoms. The Bertz CT molecular complexity index is 1060. The average molecular weight is 451 g/mol. The van der Waals surface area contributed by atoms with E-state index in [9.17, 15) is 13.2 Å². The zero-order valence-electron chi connectivity index (χ0n) is 18.0. The maximum Gasteiger partial charge on any atom is 0.243 e. The fraction of sp³-hybridized carbons (Fsp3) is 0.381. The summed E-state index contributed by atoms with van der Waals surface area (Å²) in [5, 5.41) is 0. The molecule has 168 valence electrons. The van der Waals surface area contributed by atoms with Crippen LogP contribution in [0.4, 0.5) is 5.69 Å². The van der Waals surface area contributed by atoms with Gasteiger partial charge in [0.2, 0.25) is 22.7 Å². The first-order chi connectivity index (χ1) is 14.8. The van der Waals surface area contributed by atoms with Crippen LogP contribution in [0.1, 0.15) is 12.5 Å². The van der Waals surface area contributed by atoms with Gasteiger partial charge in [-0.25, -0.2) is 8.42 Å². The number of carbonyl (C=O) groups is 1. The zero-order valence-corrected chi connectivity index (χ0v) is 18.8. The highest BCUT2D eigenvalue weighted by molar-refractivity contribution is 7.92. The number of hydrogen-bond donors (Lipinski definition) is 0. The number of sulfonamides is 1. The highest BCUT2D eigenvalue weighted by Gasteiger charge is 2.27. The van der Waals surface area contributed by atoms with Crippen LogP contribution in [0.25, 0.3) is 0 Å². The molecule has 2 aromatic rings. The van der Waals surface area contributed by atoms with Crippen molar-refractivity contribution < 1.29 is 32.2 Å². The number of carbonyl (C=O) groups excluding carboxylic acids is 1. The van der Waals surface area contributed by atoms with Crippen LogP contribution in [0.3, 0.4) is 0 Å². The van der Waals surface area contributed by atoms with E-state index < -0.39 is 10.0 Å². The first kappa shape index (κ1) is 22.5. The van der Waals surface area contributed by atoms with Gasteiger partial charge in [-0.15, -0.1) is 0 Å². The Morgan fingerprint density at radius 1 is 1.03 bits per heavy atom. The molecule has 0 saturated carbocycles. The predicted molar refractivity (Wildman–Crippen MR) is 115 cm³/mol. The third kappa shape index (κ3) is 4.96. The van der Waals surface area contributed by atoms with Gasteiger partial charge in [0.1, 0.15) is 6.54 Å². The first-order valence-electron chi connectivity index (χ1n) is 9.64. The summed E-state index contributed by atoms with van der Waals surface area (Å²) in [6.07, 6.45) is 0. The molecule has 0 spiro atoms. The lowest BCUT2D eigenvalue weighted by molar-refractivity contribution is -0.128. The van der Waals surface area contributed by atoms with Crippen LogP contribution >= 0.6 is 0 Å². The minimum atomic E-state index is -3.70. The molecule has 3 rings (SSSR count). The summed E-state index contributed by atoms with van der Waals surface area (Å²) >= 11 is 0. The predicted octanol–water partition coefficient (Wildman–Crippen LogP) is 2.25. The Hall–Kier alpha value is -3.14. The standard InChI is InChI=1S/C21H26N2O7S/c1-5-31(25,26)23(16-7-9-18-20(11-16)30-14-29-18)13-21(24)22(2)12-15-6-8-17(27-3)19(10-15)28-4/h6-11H,5,12-14H2,1-4H3. The molecule has 0 fully saturated rings. The van der Waals surface area contributed by atoms with Crippen molar-refractivity contribution in [3.8, 4) is 23.0 Å². The largest absolute Gasteiger partial charge is 0.493 e. The van der Waals surface area contributed by atoms with Crippen LogP contribution in [0.15, 0.2) is 36.4 Å². The van der Waals surface area contributed by atoms with Crippen molar-refractivity contribution in [3.05, 3.63) is 42.0 Å². The molecule has 0 N–H and O–H groups in total. The van der Waals surface area contributed by atoms with Crippen molar-refractivity contribution in [1.82, 2.24) is 4.90 Å². The first-order valence-corrected chi connectivity index (χ1v) is 11.2. The van der Waals surface area contributed by atoms with E-state index in [4.69, 9.17) is 18.9 Å². The van der Waals surface area contributed by atoms with Gasteiger partial charge in [0, 0.05) is 19.7 Å². The third-order valence-electron chi connectivity index (χ3n) is 4.92. The number of hydrogen-bond acceptors (Lipinski definition) is 7. The number of fused-ring (bicyclic) bond motifs is 1. The van der Waals surface area contributed by atoms with Crippen LogP contribution in [0.5, 0.6) is 23.0 Å². The molecule has 1 amide bonds. The fourth-order valence-electron chi connectivity index (χ4n) is 3.13. The molecule has 2 aromatic carbocycles. The Morgan fingerprint density at radius 2 is 1.74 bits per heavy atom. The van der Waals surface area contributed by atoms with Crippen molar-refractivity contribution in [3.63, 3.8) is 0 Å². The highest BCUT2D eigenvalue weighted by atomic mass is 32.2. The lowest BCUT2D eigenvalue weighted by Gasteiger charge is -2.26. The summed E-state index contributed by atoms with van der Waals surface area (Å²) in [4.78, 5) is 14.4. The molecule has 9 nitrogen and oxygen atoms in total. The SMILES string of the molecule is CCS(=O)(=O)N(CC(=O)N(C)Cc1ccc(OC)c(OC)c1)c1ccc2c(c1)OCO2. The lowest BCUT2D eigenvalue weighted by atomic mass is 10.2. The fourth-order valence-corrected chi connectivity index (χ4v) is 4.18. The Balaban J connectivity index is 1.79. The van der Waals surface area contributed by atoms with Gasteiger partial charge in [-0.2, -0.15) is 0 Å². The molecule has 0 bridgehead atoms. The lowest BCUT2D eigenvalue weighted by Crippen LogP contribution is -2.42. The average Bonchev–Trinajstić information content (AvgIpc) is 3.24. The minimum absolute atomic E-state index is 0.0757. The Kier molecular flexibility index (Phi) is 6.79. The van der Waals surface area contributed by atoms with Gasteiger partial charge >= 0.3 is 0 Å².